The van der Waals surface area contributed by atoms with Crippen LogP contribution in [0, 0.1) is 0 Å². The molecule has 0 spiro atoms. The Balaban J connectivity index is 2.25. The molecule has 1 rings (SSSR count). The average Bonchev–Trinajstić information content (AvgIpc) is 2.09. The minimum atomic E-state index is 0.386. The summed E-state index contributed by atoms with van der Waals surface area (Å²) in [4.78, 5) is 2.42. The van der Waals surface area contributed by atoms with Gasteiger partial charge in [-0.2, -0.15) is 0 Å². The van der Waals surface area contributed by atoms with E-state index in [-0.39, 0.29) is 0 Å². The highest BCUT2D eigenvalue weighted by Gasteiger charge is 2.20. The maximum absolute atomic E-state index is 6.02. The van der Waals surface area contributed by atoms with E-state index in [0.717, 1.165) is 32.5 Å². The molecular weight excluding hydrogens is 162 g/mol. The number of likely N-dealkylation sites (N-methyl/N-ethyl adjacent to an activating group) is 1. The van der Waals surface area contributed by atoms with Crippen LogP contribution >= 0.6 is 0 Å². The van der Waals surface area contributed by atoms with Crippen molar-refractivity contribution in [1.82, 2.24) is 10.2 Å². The van der Waals surface area contributed by atoms with Crippen LogP contribution in [-0.4, -0.2) is 43.7 Å². The predicted octanol–water partition coefficient (Wildman–Crippen LogP) is 0.408. The van der Waals surface area contributed by atoms with Crippen molar-refractivity contribution >= 4 is 0 Å². The first-order valence-electron chi connectivity index (χ1n) is 5.40. The lowest BCUT2D eigenvalue weighted by molar-refractivity contribution is 0.181. The molecule has 78 valence electrons. The van der Waals surface area contributed by atoms with Gasteiger partial charge in [-0.3, -0.25) is 0 Å². The lowest BCUT2D eigenvalue weighted by Crippen LogP contribution is -2.51. The second-order valence-corrected chi connectivity index (χ2v) is 4.12. The normalized spacial score (nSPS) is 27.5. The van der Waals surface area contributed by atoms with E-state index in [1.165, 1.54) is 6.42 Å². The van der Waals surface area contributed by atoms with E-state index in [1.54, 1.807) is 0 Å². The predicted molar refractivity (Wildman–Crippen MR) is 56.8 cm³/mol. The van der Waals surface area contributed by atoms with E-state index in [2.05, 4.69) is 24.2 Å². The van der Waals surface area contributed by atoms with E-state index in [4.69, 9.17) is 5.73 Å². The molecule has 2 unspecified atom stereocenters. The first-order valence-corrected chi connectivity index (χ1v) is 5.40. The Morgan fingerprint density at radius 2 is 2.38 bits per heavy atom. The van der Waals surface area contributed by atoms with Crippen LogP contribution in [0.2, 0.25) is 0 Å². The third-order valence-electron chi connectivity index (χ3n) is 2.88. The number of nitrogens with one attached hydrogen (secondary N) is 1. The molecule has 0 aliphatic carbocycles. The minimum Gasteiger partial charge on any atom is -0.328 e. The second-order valence-electron chi connectivity index (χ2n) is 4.12. The van der Waals surface area contributed by atoms with Gasteiger partial charge in [-0.25, -0.2) is 0 Å². The second kappa shape index (κ2) is 5.58. The van der Waals surface area contributed by atoms with Gasteiger partial charge >= 0.3 is 0 Å². The van der Waals surface area contributed by atoms with Crippen LogP contribution in [0.25, 0.3) is 0 Å². The molecule has 3 nitrogen and oxygen atoms in total. The van der Waals surface area contributed by atoms with Gasteiger partial charge in [0.25, 0.3) is 0 Å². The molecular formula is C10H23N3. The summed E-state index contributed by atoms with van der Waals surface area (Å²) in [7, 11) is 2.20. The third kappa shape index (κ3) is 3.63. The fourth-order valence-corrected chi connectivity index (χ4v) is 1.96. The minimum absolute atomic E-state index is 0.386. The molecule has 13 heavy (non-hydrogen) atoms. The quantitative estimate of drug-likeness (QED) is 0.666. The Bertz CT molecular complexity index is 138. The molecule has 0 aromatic heterocycles. The molecule has 0 saturated carbocycles. The summed E-state index contributed by atoms with van der Waals surface area (Å²) in [5.41, 5.74) is 6.02. The molecule has 0 aromatic rings. The van der Waals surface area contributed by atoms with Crippen molar-refractivity contribution in [2.75, 3.05) is 26.7 Å². The maximum atomic E-state index is 6.02. The fourth-order valence-electron chi connectivity index (χ4n) is 1.96. The summed E-state index contributed by atoms with van der Waals surface area (Å²) in [6.07, 6.45) is 3.49. The number of rotatable bonds is 4. The van der Waals surface area contributed by atoms with Crippen LogP contribution in [0.1, 0.15) is 26.2 Å². The molecule has 3 N–H and O–H groups in total. The standard InChI is InChI=1S/C10H23N3/c1-3-4-9(11)7-10-8-12-5-6-13(10)2/h9-10,12H,3-8,11H2,1-2H3. The summed E-state index contributed by atoms with van der Waals surface area (Å²) in [5, 5.41) is 3.42. The average molecular weight is 185 g/mol. The van der Waals surface area contributed by atoms with Gasteiger partial charge in [-0.15, -0.1) is 0 Å². The van der Waals surface area contributed by atoms with Gasteiger partial charge in [0, 0.05) is 31.7 Å². The highest BCUT2D eigenvalue weighted by atomic mass is 15.2. The van der Waals surface area contributed by atoms with Gasteiger partial charge in [-0.05, 0) is 19.9 Å². The van der Waals surface area contributed by atoms with Crippen molar-refractivity contribution in [2.24, 2.45) is 5.73 Å². The van der Waals surface area contributed by atoms with Crippen molar-refractivity contribution in [2.45, 2.75) is 38.3 Å². The molecule has 3 heteroatoms. The summed E-state index contributed by atoms with van der Waals surface area (Å²) in [6.45, 7) is 5.58. The monoisotopic (exact) mass is 185 g/mol. The zero-order chi connectivity index (χ0) is 9.68. The Morgan fingerprint density at radius 3 is 3.00 bits per heavy atom. The number of nitrogens with two attached hydrogens (primary N) is 1. The van der Waals surface area contributed by atoms with E-state index in [0.29, 0.717) is 12.1 Å². The van der Waals surface area contributed by atoms with E-state index >= 15 is 0 Å². The van der Waals surface area contributed by atoms with Gasteiger partial charge in [0.2, 0.25) is 0 Å². The molecule has 1 fully saturated rings. The summed E-state index contributed by atoms with van der Waals surface area (Å²) >= 11 is 0. The summed E-state index contributed by atoms with van der Waals surface area (Å²) < 4.78 is 0. The molecule has 1 saturated heterocycles. The molecule has 1 heterocycles. The van der Waals surface area contributed by atoms with Gasteiger partial charge < -0.3 is 16.0 Å². The Kier molecular flexibility index (Phi) is 4.70. The number of piperazine rings is 1. The fraction of sp³-hybridized carbons (Fsp3) is 1.00. The van der Waals surface area contributed by atoms with Crippen LogP contribution < -0.4 is 11.1 Å². The van der Waals surface area contributed by atoms with Gasteiger partial charge in [0.1, 0.15) is 0 Å². The molecule has 2 atom stereocenters. The highest BCUT2D eigenvalue weighted by molar-refractivity contribution is 4.80. The van der Waals surface area contributed by atoms with Crippen molar-refractivity contribution in [3.05, 3.63) is 0 Å². The van der Waals surface area contributed by atoms with E-state index in [9.17, 15) is 0 Å². The SMILES string of the molecule is CCCC(N)CC1CNCCN1C. The lowest BCUT2D eigenvalue weighted by Gasteiger charge is -2.34. The Labute approximate surface area is 81.7 Å². The van der Waals surface area contributed by atoms with Crippen molar-refractivity contribution in [3.8, 4) is 0 Å². The zero-order valence-electron chi connectivity index (χ0n) is 8.92. The first kappa shape index (κ1) is 11.0. The molecule has 0 bridgehead atoms. The van der Waals surface area contributed by atoms with Gasteiger partial charge in [0.05, 0.1) is 0 Å². The molecule has 0 radical (unpaired) electrons. The summed E-state index contributed by atoms with van der Waals surface area (Å²) in [5.74, 6) is 0. The maximum Gasteiger partial charge on any atom is 0.0232 e. The van der Waals surface area contributed by atoms with Crippen LogP contribution in [0.4, 0.5) is 0 Å². The van der Waals surface area contributed by atoms with Crippen molar-refractivity contribution < 1.29 is 0 Å². The smallest absolute Gasteiger partial charge is 0.0232 e. The highest BCUT2D eigenvalue weighted by Crippen LogP contribution is 2.09. The summed E-state index contributed by atoms with van der Waals surface area (Å²) in [6, 6.07) is 1.03. The molecule has 0 amide bonds. The van der Waals surface area contributed by atoms with Crippen LogP contribution in [0.5, 0.6) is 0 Å². The van der Waals surface area contributed by atoms with Crippen molar-refractivity contribution in [1.29, 1.82) is 0 Å². The molecule has 1 aliphatic rings. The zero-order valence-corrected chi connectivity index (χ0v) is 8.92. The van der Waals surface area contributed by atoms with E-state index in [1.807, 2.05) is 0 Å². The Hall–Kier alpha value is -0.120. The largest absolute Gasteiger partial charge is 0.328 e. The van der Waals surface area contributed by atoms with Crippen LogP contribution in [0.3, 0.4) is 0 Å². The van der Waals surface area contributed by atoms with Crippen LogP contribution in [0.15, 0.2) is 0 Å². The molecule has 1 aliphatic heterocycles. The van der Waals surface area contributed by atoms with Crippen molar-refractivity contribution in [3.63, 3.8) is 0 Å². The van der Waals surface area contributed by atoms with E-state index < -0.39 is 0 Å². The Morgan fingerprint density at radius 1 is 1.62 bits per heavy atom. The van der Waals surface area contributed by atoms with Gasteiger partial charge in [-0.1, -0.05) is 13.3 Å². The third-order valence-corrected chi connectivity index (χ3v) is 2.88. The molecule has 0 aromatic carbocycles. The van der Waals surface area contributed by atoms with Crippen LogP contribution in [-0.2, 0) is 0 Å². The van der Waals surface area contributed by atoms with Gasteiger partial charge in [0.15, 0.2) is 0 Å². The number of nitrogens with zero attached hydrogens (tertiary/aromatic N) is 1. The topological polar surface area (TPSA) is 41.3 Å². The number of hydrogen-bond acceptors (Lipinski definition) is 3. The number of hydrogen-bond donors (Lipinski definition) is 2. The lowest BCUT2D eigenvalue weighted by atomic mass is 10.0. The first-order chi connectivity index (χ1) is 6.24.